The SMILES string of the molecule is CC[C@@H]1C(=O)N(c2nc(-c3ccc(OC)cc3)cs2)N=C1C. The largest absolute Gasteiger partial charge is 0.497 e. The molecule has 0 fully saturated rings. The Morgan fingerprint density at radius 1 is 1.32 bits per heavy atom. The minimum Gasteiger partial charge on any atom is -0.497 e. The van der Waals surface area contributed by atoms with Crippen molar-refractivity contribution < 1.29 is 9.53 Å². The van der Waals surface area contributed by atoms with Crippen LogP contribution in [0.25, 0.3) is 11.3 Å². The van der Waals surface area contributed by atoms with Crippen molar-refractivity contribution in [3.63, 3.8) is 0 Å². The maximum atomic E-state index is 12.3. The quantitative estimate of drug-likeness (QED) is 0.866. The summed E-state index contributed by atoms with van der Waals surface area (Å²) in [7, 11) is 1.64. The predicted octanol–water partition coefficient (Wildman–Crippen LogP) is 3.57. The number of hydrogen-bond acceptors (Lipinski definition) is 5. The lowest BCUT2D eigenvalue weighted by molar-refractivity contribution is -0.119. The molecule has 0 radical (unpaired) electrons. The van der Waals surface area contributed by atoms with Gasteiger partial charge in [0.25, 0.3) is 5.91 Å². The molecule has 1 aliphatic rings. The first kappa shape index (κ1) is 14.7. The van der Waals surface area contributed by atoms with E-state index < -0.39 is 0 Å². The molecule has 6 heteroatoms. The van der Waals surface area contributed by atoms with E-state index in [2.05, 4.69) is 10.1 Å². The number of methoxy groups -OCH3 is 1. The van der Waals surface area contributed by atoms with Crippen LogP contribution in [-0.2, 0) is 4.79 Å². The lowest BCUT2D eigenvalue weighted by Crippen LogP contribution is -2.26. The van der Waals surface area contributed by atoms with E-state index in [0.29, 0.717) is 5.13 Å². The summed E-state index contributed by atoms with van der Waals surface area (Å²) in [5.74, 6) is 0.698. The second-order valence-electron chi connectivity index (χ2n) is 5.10. The molecule has 2 heterocycles. The molecule has 0 saturated heterocycles. The van der Waals surface area contributed by atoms with Crippen LogP contribution >= 0.6 is 11.3 Å². The average Bonchev–Trinajstić information content (AvgIpc) is 3.12. The van der Waals surface area contributed by atoms with Crippen LogP contribution in [0, 0.1) is 5.92 Å². The van der Waals surface area contributed by atoms with Gasteiger partial charge in [-0.3, -0.25) is 4.79 Å². The summed E-state index contributed by atoms with van der Waals surface area (Å²) in [5.41, 5.74) is 2.68. The number of carbonyl (C=O) groups excluding carboxylic acids is 1. The summed E-state index contributed by atoms with van der Waals surface area (Å²) in [6.45, 7) is 3.89. The summed E-state index contributed by atoms with van der Waals surface area (Å²) in [4.78, 5) is 16.9. The van der Waals surface area contributed by atoms with Crippen LogP contribution in [0.4, 0.5) is 5.13 Å². The lowest BCUT2D eigenvalue weighted by Gasteiger charge is -2.09. The molecule has 1 aromatic heterocycles. The molecule has 5 nitrogen and oxygen atoms in total. The number of rotatable bonds is 4. The van der Waals surface area contributed by atoms with E-state index >= 15 is 0 Å². The van der Waals surface area contributed by atoms with E-state index in [-0.39, 0.29) is 11.8 Å². The Hall–Kier alpha value is -2.21. The number of thiazole rings is 1. The number of carbonyl (C=O) groups is 1. The van der Waals surface area contributed by atoms with Crippen molar-refractivity contribution in [3.8, 4) is 17.0 Å². The highest BCUT2D eigenvalue weighted by Crippen LogP contribution is 2.32. The summed E-state index contributed by atoms with van der Waals surface area (Å²) >= 11 is 1.43. The first-order chi connectivity index (χ1) is 10.6. The average molecular weight is 315 g/mol. The highest BCUT2D eigenvalue weighted by atomic mass is 32.1. The number of anilines is 1. The fraction of sp³-hybridized carbons (Fsp3) is 0.312. The molecule has 1 atom stereocenters. The van der Waals surface area contributed by atoms with Gasteiger partial charge in [-0.25, -0.2) is 4.98 Å². The molecule has 22 heavy (non-hydrogen) atoms. The van der Waals surface area contributed by atoms with Crippen LogP contribution in [0.5, 0.6) is 5.75 Å². The van der Waals surface area contributed by atoms with E-state index in [9.17, 15) is 4.79 Å². The molecule has 1 aliphatic heterocycles. The maximum Gasteiger partial charge on any atom is 0.258 e. The summed E-state index contributed by atoms with van der Waals surface area (Å²) in [6.07, 6.45) is 0.765. The molecule has 0 aliphatic carbocycles. The third-order valence-electron chi connectivity index (χ3n) is 3.74. The minimum absolute atomic E-state index is 0.00984. The van der Waals surface area contributed by atoms with E-state index in [1.807, 2.05) is 43.5 Å². The molecule has 114 valence electrons. The van der Waals surface area contributed by atoms with Gasteiger partial charge in [0.2, 0.25) is 5.13 Å². The van der Waals surface area contributed by atoms with Gasteiger partial charge in [0.05, 0.1) is 18.7 Å². The standard InChI is InChI=1S/C16H17N3O2S/c1-4-13-10(2)18-19(15(13)20)16-17-14(9-22-16)11-5-7-12(21-3)8-6-11/h5-9,13H,4H2,1-3H3/t13-/m0/s1. The molecular weight excluding hydrogens is 298 g/mol. The topological polar surface area (TPSA) is 54.8 Å². The normalized spacial score (nSPS) is 17.8. The third kappa shape index (κ3) is 2.50. The molecule has 3 rings (SSSR count). The van der Waals surface area contributed by atoms with E-state index in [4.69, 9.17) is 4.74 Å². The zero-order valence-corrected chi connectivity index (χ0v) is 13.6. The van der Waals surface area contributed by atoms with Gasteiger partial charge in [-0.1, -0.05) is 6.92 Å². The fourth-order valence-electron chi connectivity index (χ4n) is 2.47. The number of amides is 1. The summed E-state index contributed by atoms with van der Waals surface area (Å²) < 4.78 is 5.15. The van der Waals surface area contributed by atoms with Gasteiger partial charge in [-0.15, -0.1) is 11.3 Å². The Bertz CT molecular complexity index is 721. The van der Waals surface area contributed by atoms with Gasteiger partial charge in [0.1, 0.15) is 5.75 Å². The molecule has 1 aromatic carbocycles. The Balaban J connectivity index is 1.86. The van der Waals surface area contributed by atoms with Crippen LogP contribution in [0.15, 0.2) is 34.7 Å². The van der Waals surface area contributed by atoms with Crippen molar-refractivity contribution in [2.24, 2.45) is 11.0 Å². The molecule has 2 aromatic rings. The van der Waals surface area contributed by atoms with Gasteiger partial charge in [0.15, 0.2) is 0 Å². The Morgan fingerprint density at radius 2 is 2.05 bits per heavy atom. The van der Waals surface area contributed by atoms with Crippen molar-refractivity contribution in [3.05, 3.63) is 29.6 Å². The van der Waals surface area contributed by atoms with Crippen molar-refractivity contribution in [1.82, 2.24) is 4.98 Å². The fourth-order valence-corrected chi connectivity index (χ4v) is 3.25. The smallest absolute Gasteiger partial charge is 0.258 e. The number of nitrogens with zero attached hydrogens (tertiary/aromatic N) is 3. The minimum atomic E-state index is -0.117. The highest BCUT2D eigenvalue weighted by molar-refractivity contribution is 7.14. The zero-order chi connectivity index (χ0) is 15.7. The van der Waals surface area contributed by atoms with Gasteiger partial charge in [-0.2, -0.15) is 10.1 Å². The van der Waals surface area contributed by atoms with Crippen molar-refractivity contribution in [2.45, 2.75) is 20.3 Å². The Kier molecular flexibility index (Phi) is 3.94. The van der Waals surface area contributed by atoms with Crippen molar-refractivity contribution >= 4 is 28.1 Å². The molecular formula is C16H17N3O2S. The van der Waals surface area contributed by atoms with Gasteiger partial charge < -0.3 is 4.74 Å². The van der Waals surface area contributed by atoms with Crippen molar-refractivity contribution in [2.75, 3.05) is 12.1 Å². The highest BCUT2D eigenvalue weighted by Gasteiger charge is 2.34. The predicted molar refractivity (Wildman–Crippen MR) is 88.5 cm³/mol. The van der Waals surface area contributed by atoms with Gasteiger partial charge in [-0.05, 0) is 37.6 Å². The second-order valence-corrected chi connectivity index (χ2v) is 5.93. The Labute approximate surface area is 133 Å². The number of ether oxygens (including phenoxy) is 1. The molecule has 0 unspecified atom stereocenters. The van der Waals surface area contributed by atoms with E-state index in [0.717, 1.165) is 29.1 Å². The summed E-state index contributed by atoms with van der Waals surface area (Å²) in [5, 5.41) is 8.34. The molecule has 0 N–H and O–H groups in total. The lowest BCUT2D eigenvalue weighted by atomic mass is 10.0. The van der Waals surface area contributed by atoms with E-state index in [1.165, 1.54) is 16.3 Å². The number of aromatic nitrogens is 1. The first-order valence-corrected chi connectivity index (χ1v) is 8.01. The van der Waals surface area contributed by atoms with Gasteiger partial charge >= 0.3 is 0 Å². The van der Waals surface area contributed by atoms with Crippen LogP contribution in [0.3, 0.4) is 0 Å². The maximum absolute atomic E-state index is 12.3. The molecule has 0 bridgehead atoms. The first-order valence-electron chi connectivity index (χ1n) is 7.13. The van der Waals surface area contributed by atoms with E-state index in [1.54, 1.807) is 7.11 Å². The Morgan fingerprint density at radius 3 is 2.64 bits per heavy atom. The van der Waals surface area contributed by atoms with Gasteiger partial charge in [0, 0.05) is 16.7 Å². The molecule has 0 spiro atoms. The van der Waals surface area contributed by atoms with Crippen molar-refractivity contribution in [1.29, 1.82) is 0 Å². The number of benzene rings is 1. The molecule has 0 saturated carbocycles. The molecule has 1 amide bonds. The van der Waals surface area contributed by atoms with Crippen LogP contribution in [-0.4, -0.2) is 23.7 Å². The zero-order valence-electron chi connectivity index (χ0n) is 12.7. The summed E-state index contributed by atoms with van der Waals surface area (Å²) in [6, 6.07) is 7.69. The second kappa shape index (κ2) is 5.88. The number of hydrogen-bond donors (Lipinski definition) is 0. The third-order valence-corrected chi connectivity index (χ3v) is 4.55. The van der Waals surface area contributed by atoms with Crippen LogP contribution in [0.1, 0.15) is 20.3 Å². The van der Waals surface area contributed by atoms with Crippen LogP contribution < -0.4 is 9.75 Å². The monoisotopic (exact) mass is 315 g/mol. The van der Waals surface area contributed by atoms with Crippen LogP contribution in [0.2, 0.25) is 0 Å². The number of hydrazone groups is 1.